The van der Waals surface area contributed by atoms with Crippen molar-refractivity contribution in [3.05, 3.63) is 53.3 Å². The molecule has 0 saturated heterocycles. The molecule has 1 aromatic carbocycles. The summed E-state index contributed by atoms with van der Waals surface area (Å²) in [6.45, 7) is 0. The smallest absolute Gasteiger partial charge is 0.337 e. The summed E-state index contributed by atoms with van der Waals surface area (Å²) in [7, 11) is 0. The number of halogens is 2. The van der Waals surface area contributed by atoms with E-state index in [0.29, 0.717) is 5.02 Å². The van der Waals surface area contributed by atoms with Crippen molar-refractivity contribution < 1.29 is 9.90 Å². The first-order chi connectivity index (χ1) is 7.66. The Labute approximate surface area is 109 Å². The molecule has 1 heterocycles. The predicted molar refractivity (Wildman–Crippen MR) is 68.9 cm³/mol. The Morgan fingerprint density at radius 2 is 1.76 bits per heavy atom. The van der Waals surface area contributed by atoms with Crippen LogP contribution in [-0.4, -0.2) is 16.1 Å². The number of carboxylic acids is 1. The van der Waals surface area contributed by atoms with Crippen LogP contribution in [0.5, 0.6) is 0 Å². The Morgan fingerprint density at radius 1 is 1.12 bits per heavy atom. The first kappa shape index (κ1) is 13.5. The van der Waals surface area contributed by atoms with Gasteiger partial charge in [-0.05, 0) is 23.8 Å². The van der Waals surface area contributed by atoms with Crippen LogP contribution in [0.15, 0.2) is 42.7 Å². The SMILES string of the molecule is Cl.O=C(O)c1cncc(-c2ccc(Cl)cc2)c1. The molecule has 2 aromatic rings. The van der Waals surface area contributed by atoms with E-state index in [-0.39, 0.29) is 18.0 Å². The molecule has 0 fully saturated rings. The standard InChI is InChI=1S/C12H8ClNO2.ClH/c13-11-3-1-8(2-4-11)9-5-10(12(15)16)7-14-6-9;/h1-7H,(H,15,16);1H. The fourth-order valence-electron chi connectivity index (χ4n) is 1.36. The Hall–Kier alpha value is -1.58. The molecule has 0 saturated carbocycles. The van der Waals surface area contributed by atoms with Crippen LogP contribution < -0.4 is 0 Å². The van der Waals surface area contributed by atoms with E-state index >= 15 is 0 Å². The zero-order valence-electron chi connectivity index (χ0n) is 8.63. The van der Waals surface area contributed by atoms with Crippen molar-refractivity contribution in [2.45, 2.75) is 0 Å². The molecule has 2 rings (SSSR count). The first-order valence-corrected chi connectivity index (χ1v) is 4.99. The van der Waals surface area contributed by atoms with Crippen LogP contribution in [0, 0.1) is 0 Å². The van der Waals surface area contributed by atoms with Gasteiger partial charge in [-0.3, -0.25) is 4.98 Å². The van der Waals surface area contributed by atoms with Crippen molar-refractivity contribution in [2.24, 2.45) is 0 Å². The second kappa shape index (κ2) is 5.66. The molecule has 0 unspecified atom stereocenters. The molecule has 1 N–H and O–H groups in total. The van der Waals surface area contributed by atoms with E-state index in [4.69, 9.17) is 16.7 Å². The van der Waals surface area contributed by atoms with Gasteiger partial charge in [0.05, 0.1) is 5.56 Å². The monoisotopic (exact) mass is 269 g/mol. The van der Waals surface area contributed by atoms with E-state index in [1.165, 1.54) is 6.20 Å². The number of carboxylic acid groups (broad SMARTS) is 1. The number of hydrogen-bond donors (Lipinski definition) is 1. The number of nitrogens with zero attached hydrogens (tertiary/aromatic N) is 1. The molecular weight excluding hydrogens is 261 g/mol. The van der Waals surface area contributed by atoms with E-state index in [1.807, 2.05) is 12.1 Å². The van der Waals surface area contributed by atoms with Crippen LogP contribution in [-0.2, 0) is 0 Å². The lowest BCUT2D eigenvalue weighted by Gasteiger charge is -2.02. The van der Waals surface area contributed by atoms with Crippen LogP contribution in [0.1, 0.15) is 10.4 Å². The molecule has 0 aliphatic rings. The second-order valence-corrected chi connectivity index (χ2v) is 3.71. The summed E-state index contributed by atoms with van der Waals surface area (Å²) in [5, 5.41) is 9.48. The molecule has 0 radical (unpaired) electrons. The number of pyridine rings is 1. The van der Waals surface area contributed by atoms with Crippen molar-refractivity contribution in [3.8, 4) is 11.1 Å². The number of rotatable bonds is 2. The van der Waals surface area contributed by atoms with E-state index < -0.39 is 5.97 Å². The van der Waals surface area contributed by atoms with E-state index in [0.717, 1.165) is 11.1 Å². The Balaban J connectivity index is 0.00000144. The van der Waals surface area contributed by atoms with E-state index in [2.05, 4.69) is 4.98 Å². The normalized spacial score (nSPS) is 9.47. The van der Waals surface area contributed by atoms with Gasteiger partial charge in [-0.25, -0.2) is 4.79 Å². The highest BCUT2D eigenvalue weighted by Gasteiger charge is 2.05. The van der Waals surface area contributed by atoms with Gasteiger partial charge in [-0.15, -0.1) is 12.4 Å². The van der Waals surface area contributed by atoms with Gasteiger partial charge >= 0.3 is 5.97 Å². The minimum Gasteiger partial charge on any atom is -0.478 e. The van der Waals surface area contributed by atoms with Crippen molar-refractivity contribution in [2.75, 3.05) is 0 Å². The molecule has 5 heteroatoms. The maximum Gasteiger partial charge on any atom is 0.337 e. The predicted octanol–water partition coefficient (Wildman–Crippen LogP) is 3.52. The molecule has 3 nitrogen and oxygen atoms in total. The average Bonchev–Trinajstić information content (AvgIpc) is 2.30. The third kappa shape index (κ3) is 3.19. The van der Waals surface area contributed by atoms with Gasteiger partial charge in [0.15, 0.2) is 0 Å². The molecular formula is C12H9Cl2NO2. The lowest BCUT2D eigenvalue weighted by Crippen LogP contribution is -1.97. The molecule has 88 valence electrons. The minimum atomic E-state index is -0.983. The fourth-order valence-corrected chi connectivity index (χ4v) is 1.48. The van der Waals surface area contributed by atoms with Crippen molar-refractivity contribution in [3.63, 3.8) is 0 Å². The minimum absolute atomic E-state index is 0. The highest BCUT2D eigenvalue weighted by molar-refractivity contribution is 6.30. The van der Waals surface area contributed by atoms with Gasteiger partial charge < -0.3 is 5.11 Å². The summed E-state index contributed by atoms with van der Waals surface area (Å²) in [5.74, 6) is -0.983. The largest absolute Gasteiger partial charge is 0.478 e. The number of carbonyl (C=O) groups is 1. The Bertz CT molecular complexity index is 526. The Kier molecular flexibility index (Phi) is 4.49. The molecule has 0 aliphatic heterocycles. The zero-order chi connectivity index (χ0) is 11.5. The zero-order valence-corrected chi connectivity index (χ0v) is 10.2. The average molecular weight is 270 g/mol. The quantitative estimate of drug-likeness (QED) is 0.908. The molecule has 0 atom stereocenters. The van der Waals surface area contributed by atoms with Crippen LogP contribution in [0.3, 0.4) is 0 Å². The number of hydrogen-bond acceptors (Lipinski definition) is 2. The van der Waals surface area contributed by atoms with Crippen LogP contribution in [0.4, 0.5) is 0 Å². The van der Waals surface area contributed by atoms with Crippen LogP contribution in [0.25, 0.3) is 11.1 Å². The van der Waals surface area contributed by atoms with Gasteiger partial charge in [0.2, 0.25) is 0 Å². The second-order valence-electron chi connectivity index (χ2n) is 3.27. The number of aromatic carboxylic acids is 1. The molecule has 0 aliphatic carbocycles. The molecule has 17 heavy (non-hydrogen) atoms. The first-order valence-electron chi connectivity index (χ1n) is 4.61. The summed E-state index contributed by atoms with van der Waals surface area (Å²) in [6, 6.07) is 8.74. The fraction of sp³-hybridized carbons (Fsp3) is 0. The highest BCUT2D eigenvalue weighted by atomic mass is 35.5. The maximum atomic E-state index is 10.8. The van der Waals surface area contributed by atoms with Crippen molar-refractivity contribution in [1.82, 2.24) is 4.98 Å². The Morgan fingerprint density at radius 3 is 2.35 bits per heavy atom. The van der Waals surface area contributed by atoms with Crippen LogP contribution in [0.2, 0.25) is 5.02 Å². The van der Waals surface area contributed by atoms with Crippen molar-refractivity contribution >= 4 is 30.0 Å². The number of aromatic nitrogens is 1. The lowest BCUT2D eigenvalue weighted by molar-refractivity contribution is 0.0696. The van der Waals surface area contributed by atoms with Crippen LogP contribution >= 0.6 is 24.0 Å². The molecule has 0 spiro atoms. The summed E-state index contributed by atoms with van der Waals surface area (Å²) in [5.41, 5.74) is 1.82. The van der Waals surface area contributed by atoms with Gasteiger partial charge in [-0.1, -0.05) is 23.7 Å². The lowest BCUT2D eigenvalue weighted by atomic mass is 10.1. The summed E-state index contributed by atoms with van der Waals surface area (Å²) < 4.78 is 0. The molecule has 0 bridgehead atoms. The van der Waals surface area contributed by atoms with E-state index in [1.54, 1.807) is 24.4 Å². The maximum absolute atomic E-state index is 10.8. The van der Waals surface area contributed by atoms with Gasteiger partial charge in [0, 0.05) is 23.0 Å². The molecule has 1 aromatic heterocycles. The van der Waals surface area contributed by atoms with Gasteiger partial charge in [-0.2, -0.15) is 0 Å². The third-order valence-corrected chi connectivity index (χ3v) is 2.41. The summed E-state index contributed by atoms with van der Waals surface area (Å²) in [6.07, 6.45) is 2.94. The van der Waals surface area contributed by atoms with Gasteiger partial charge in [0.1, 0.15) is 0 Å². The van der Waals surface area contributed by atoms with Gasteiger partial charge in [0.25, 0.3) is 0 Å². The number of benzene rings is 1. The van der Waals surface area contributed by atoms with Crippen molar-refractivity contribution in [1.29, 1.82) is 0 Å². The topological polar surface area (TPSA) is 50.2 Å². The summed E-state index contributed by atoms with van der Waals surface area (Å²) in [4.78, 5) is 14.7. The van der Waals surface area contributed by atoms with E-state index in [9.17, 15) is 4.79 Å². The highest BCUT2D eigenvalue weighted by Crippen LogP contribution is 2.21. The summed E-state index contributed by atoms with van der Waals surface area (Å²) >= 11 is 5.77. The molecule has 0 amide bonds. The third-order valence-electron chi connectivity index (χ3n) is 2.16.